The molecule has 3 atom stereocenters. The van der Waals surface area contributed by atoms with E-state index in [1.54, 1.807) is 43.1 Å². The van der Waals surface area contributed by atoms with Gasteiger partial charge in [0.2, 0.25) is 5.91 Å². The van der Waals surface area contributed by atoms with Crippen molar-refractivity contribution in [1.82, 2.24) is 9.80 Å². The third kappa shape index (κ3) is 3.48. The zero-order chi connectivity index (χ0) is 18.9. The molecule has 0 aliphatic carbocycles. The smallest absolute Gasteiger partial charge is 0.323 e. The lowest BCUT2D eigenvalue weighted by molar-refractivity contribution is -0.148. The quantitative estimate of drug-likeness (QED) is 0.821. The van der Waals surface area contributed by atoms with Crippen molar-refractivity contribution in [3.05, 3.63) is 34.9 Å². The van der Waals surface area contributed by atoms with Gasteiger partial charge in [0, 0.05) is 18.1 Å². The number of hydrogen-bond acceptors (Lipinski definition) is 4. The molecule has 0 unspecified atom stereocenters. The lowest BCUT2D eigenvalue weighted by Crippen LogP contribution is -2.46. The topological polar surface area (TPSA) is 98.2 Å². The van der Waals surface area contributed by atoms with Crippen molar-refractivity contribution < 1.29 is 24.6 Å². The number of aliphatic carboxylic acids is 2. The van der Waals surface area contributed by atoms with E-state index in [0.717, 1.165) is 4.90 Å². The zero-order valence-electron chi connectivity index (χ0n) is 14.3. The fourth-order valence-electron chi connectivity index (χ4n) is 3.43. The Labute approximate surface area is 150 Å². The molecule has 0 saturated carbocycles. The molecule has 25 heavy (non-hydrogen) atoms. The van der Waals surface area contributed by atoms with E-state index in [0.29, 0.717) is 10.6 Å². The minimum atomic E-state index is -1.26. The molecule has 1 aromatic rings. The number of nitrogens with zero attached hydrogens (tertiary/aromatic N) is 2. The van der Waals surface area contributed by atoms with Gasteiger partial charge < -0.3 is 15.1 Å². The summed E-state index contributed by atoms with van der Waals surface area (Å²) >= 11 is 6.28. The van der Waals surface area contributed by atoms with Gasteiger partial charge in [-0.15, -0.1) is 0 Å². The number of rotatable bonds is 5. The molecule has 0 spiro atoms. The fourth-order valence-corrected chi connectivity index (χ4v) is 3.67. The van der Waals surface area contributed by atoms with Crippen LogP contribution in [0.5, 0.6) is 0 Å². The van der Waals surface area contributed by atoms with Crippen LogP contribution in [0.3, 0.4) is 0 Å². The Hall–Kier alpha value is -2.12. The molecule has 0 bridgehead atoms. The van der Waals surface area contributed by atoms with Crippen molar-refractivity contribution in [2.24, 2.45) is 5.92 Å². The Morgan fingerprint density at radius 3 is 2.44 bits per heavy atom. The van der Waals surface area contributed by atoms with Crippen LogP contribution < -0.4 is 0 Å². The first-order valence-electron chi connectivity index (χ1n) is 7.77. The number of likely N-dealkylation sites (tertiary alicyclic amines) is 1. The average molecular weight is 369 g/mol. The number of carboxylic acid groups (broad SMARTS) is 2. The molecular formula is C17H21ClN2O5. The van der Waals surface area contributed by atoms with Gasteiger partial charge in [-0.25, -0.2) is 0 Å². The molecule has 136 valence electrons. The molecule has 1 saturated heterocycles. The molecule has 1 aliphatic heterocycles. The molecule has 1 fully saturated rings. The van der Waals surface area contributed by atoms with Crippen molar-refractivity contribution in [3.8, 4) is 0 Å². The van der Waals surface area contributed by atoms with Crippen molar-refractivity contribution in [2.45, 2.75) is 24.9 Å². The van der Waals surface area contributed by atoms with E-state index in [2.05, 4.69) is 0 Å². The van der Waals surface area contributed by atoms with Crippen LogP contribution in [0.4, 0.5) is 0 Å². The van der Waals surface area contributed by atoms with Crippen LogP contribution in [0.1, 0.15) is 24.9 Å². The lowest BCUT2D eigenvalue weighted by atomic mass is 9.89. The minimum absolute atomic E-state index is 0.0670. The van der Waals surface area contributed by atoms with E-state index >= 15 is 0 Å². The second-order valence-electron chi connectivity index (χ2n) is 6.55. The van der Waals surface area contributed by atoms with E-state index in [4.69, 9.17) is 16.7 Å². The summed E-state index contributed by atoms with van der Waals surface area (Å²) in [7, 11) is 3.04. The first-order valence-corrected chi connectivity index (χ1v) is 8.15. The van der Waals surface area contributed by atoms with Gasteiger partial charge in [0.15, 0.2) is 0 Å². The number of benzene rings is 1. The molecular weight excluding hydrogens is 348 g/mol. The maximum atomic E-state index is 12.8. The first kappa shape index (κ1) is 19.2. The van der Waals surface area contributed by atoms with Crippen LogP contribution in [-0.2, 0) is 14.4 Å². The molecule has 0 radical (unpaired) electrons. The Morgan fingerprint density at radius 1 is 1.32 bits per heavy atom. The summed E-state index contributed by atoms with van der Waals surface area (Å²) in [6.45, 7) is 1.11. The van der Waals surface area contributed by atoms with Gasteiger partial charge in [-0.1, -0.05) is 29.8 Å². The highest BCUT2D eigenvalue weighted by Gasteiger charge is 2.55. The summed E-state index contributed by atoms with van der Waals surface area (Å²) in [4.78, 5) is 38.3. The number of carbonyl (C=O) groups is 3. The number of likely N-dealkylation sites (N-methyl/N-ethyl adjacent to an activating group) is 2. The minimum Gasteiger partial charge on any atom is -0.480 e. The number of hydrogen-bond donors (Lipinski definition) is 2. The highest BCUT2D eigenvalue weighted by molar-refractivity contribution is 6.31. The molecule has 1 aromatic carbocycles. The lowest BCUT2D eigenvalue weighted by Gasteiger charge is -2.32. The van der Waals surface area contributed by atoms with Crippen LogP contribution in [0.15, 0.2) is 24.3 Å². The van der Waals surface area contributed by atoms with E-state index in [9.17, 15) is 19.5 Å². The average Bonchev–Trinajstić information content (AvgIpc) is 2.80. The van der Waals surface area contributed by atoms with Gasteiger partial charge in [0.25, 0.3) is 0 Å². The predicted octanol–water partition coefficient (Wildman–Crippen LogP) is 1.72. The molecule has 2 rings (SSSR count). The first-order chi connectivity index (χ1) is 11.6. The van der Waals surface area contributed by atoms with E-state index in [1.807, 2.05) is 0 Å². The van der Waals surface area contributed by atoms with Gasteiger partial charge in [0.05, 0.1) is 5.92 Å². The van der Waals surface area contributed by atoms with E-state index in [1.165, 1.54) is 7.05 Å². The highest BCUT2D eigenvalue weighted by Crippen LogP contribution is 2.47. The van der Waals surface area contributed by atoms with Crippen LogP contribution in [0.25, 0.3) is 0 Å². The monoisotopic (exact) mass is 368 g/mol. The van der Waals surface area contributed by atoms with Gasteiger partial charge in [0.1, 0.15) is 12.1 Å². The normalized spacial score (nSPS) is 26.4. The van der Waals surface area contributed by atoms with Crippen molar-refractivity contribution in [2.75, 3.05) is 20.6 Å². The molecule has 7 nitrogen and oxygen atoms in total. The third-order valence-corrected chi connectivity index (χ3v) is 5.29. The summed E-state index contributed by atoms with van der Waals surface area (Å²) in [5, 5.41) is 19.0. The van der Waals surface area contributed by atoms with Gasteiger partial charge >= 0.3 is 11.9 Å². The molecule has 1 heterocycles. The zero-order valence-corrected chi connectivity index (χ0v) is 15.0. The number of carboxylic acids is 2. The van der Waals surface area contributed by atoms with Crippen LogP contribution in [-0.4, -0.2) is 64.0 Å². The standard InChI is InChI=1S/C17H21ClN2O5/c1-17(16(24)25)8-11(15(23)19(2)9-13(21)22)14(20(17)3)10-6-4-5-7-12(10)18/h4-7,11,14H,8-9H2,1-3H3,(H,21,22)(H,24,25)/t11-,14-,17-/m1/s1. The second kappa shape index (κ2) is 7.01. The Bertz CT molecular complexity index is 710. The molecule has 1 aliphatic rings. The number of carbonyl (C=O) groups excluding carboxylic acids is 1. The van der Waals surface area contributed by atoms with Crippen molar-refractivity contribution >= 4 is 29.4 Å². The maximum Gasteiger partial charge on any atom is 0.323 e. The fraction of sp³-hybridized carbons (Fsp3) is 0.471. The molecule has 2 N–H and O–H groups in total. The van der Waals surface area contributed by atoms with Crippen LogP contribution >= 0.6 is 11.6 Å². The predicted molar refractivity (Wildman–Crippen MR) is 91.4 cm³/mol. The Morgan fingerprint density at radius 2 is 1.92 bits per heavy atom. The van der Waals surface area contributed by atoms with Gasteiger partial charge in [-0.3, -0.25) is 19.3 Å². The maximum absolute atomic E-state index is 12.8. The van der Waals surface area contributed by atoms with Gasteiger partial charge in [-0.2, -0.15) is 0 Å². The molecule has 1 amide bonds. The van der Waals surface area contributed by atoms with E-state index < -0.39 is 41.9 Å². The van der Waals surface area contributed by atoms with Crippen molar-refractivity contribution in [1.29, 1.82) is 0 Å². The summed E-state index contributed by atoms with van der Waals surface area (Å²) < 4.78 is 0. The summed E-state index contributed by atoms with van der Waals surface area (Å²) in [6.07, 6.45) is 0.0670. The van der Waals surface area contributed by atoms with Gasteiger partial charge in [-0.05, 0) is 32.0 Å². The number of halogens is 1. The number of amides is 1. The summed E-state index contributed by atoms with van der Waals surface area (Å²) in [5.74, 6) is -3.29. The Kier molecular flexibility index (Phi) is 5.39. The third-order valence-electron chi connectivity index (χ3n) is 4.94. The van der Waals surface area contributed by atoms with E-state index in [-0.39, 0.29) is 6.42 Å². The molecule has 0 aromatic heterocycles. The molecule has 8 heteroatoms. The van der Waals surface area contributed by atoms with Crippen LogP contribution in [0.2, 0.25) is 5.02 Å². The SMILES string of the molecule is CN(CC(=O)O)C(=O)[C@@H]1C[C@](C)(C(=O)O)N(C)[C@@H]1c1ccccc1Cl. The highest BCUT2D eigenvalue weighted by atomic mass is 35.5. The van der Waals surface area contributed by atoms with Crippen molar-refractivity contribution in [3.63, 3.8) is 0 Å². The summed E-state index contributed by atoms with van der Waals surface area (Å²) in [5.41, 5.74) is -0.604. The second-order valence-corrected chi connectivity index (χ2v) is 6.96. The summed E-state index contributed by atoms with van der Waals surface area (Å²) in [6, 6.07) is 6.41. The largest absolute Gasteiger partial charge is 0.480 e. The van der Waals surface area contributed by atoms with Crippen LogP contribution in [0, 0.1) is 5.92 Å². The Balaban J connectivity index is 2.47.